The zero-order valence-electron chi connectivity index (χ0n) is 17.7. The van der Waals surface area contributed by atoms with Gasteiger partial charge in [0.15, 0.2) is 0 Å². The third-order valence-electron chi connectivity index (χ3n) is 6.51. The molecule has 1 unspecified atom stereocenters. The number of aromatic nitrogens is 2. The molecule has 2 bridgehead atoms. The van der Waals surface area contributed by atoms with E-state index >= 15 is 0 Å². The molecule has 3 aliphatic heterocycles. The third kappa shape index (κ3) is 4.43. The molecular weight excluding hydrogens is 399 g/mol. The van der Waals surface area contributed by atoms with Gasteiger partial charge >= 0.3 is 12.2 Å². The molecule has 3 fully saturated rings. The summed E-state index contributed by atoms with van der Waals surface area (Å²) in [6.07, 6.45) is 0.692. The Bertz CT molecular complexity index is 753. The molecule has 0 saturated carbocycles. The number of amides is 1. The van der Waals surface area contributed by atoms with Gasteiger partial charge in [-0.1, -0.05) is 0 Å². The highest BCUT2D eigenvalue weighted by Gasteiger charge is 2.46. The van der Waals surface area contributed by atoms with Crippen LogP contribution in [0.2, 0.25) is 0 Å². The fraction of sp³-hybridized carbons (Fsp3) is 0.850. The monoisotopic (exact) mass is 429 g/mol. The Morgan fingerprint density at radius 1 is 1.03 bits per heavy atom. The fourth-order valence-electron chi connectivity index (χ4n) is 5.19. The van der Waals surface area contributed by atoms with Crippen molar-refractivity contribution < 1.29 is 22.5 Å². The predicted octanol–water partition coefficient (Wildman–Crippen LogP) is 3.21. The quantitative estimate of drug-likeness (QED) is 0.795. The number of hydrogen-bond donors (Lipinski definition) is 1. The van der Waals surface area contributed by atoms with E-state index in [0.717, 1.165) is 51.6 Å². The molecule has 30 heavy (non-hydrogen) atoms. The van der Waals surface area contributed by atoms with Crippen LogP contribution in [0.5, 0.6) is 0 Å². The summed E-state index contributed by atoms with van der Waals surface area (Å²) in [5.41, 5.74) is -0.221. The van der Waals surface area contributed by atoms with Crippen LogP contribution in [0.15, 0.2) is 4.52 Å². The number of piperidine rings is 2. The lowest BCUT2D eigenvalue weighted by atomic mass is 9.90. The number of halogens is 3. The van der Waals surface area contributed by atoms with E-state index in [-0.39, 0.29) is 35.5 Å². The topological polar surface area (TPSA) is 74.5 Å². The molecule has 7 nitrogen and oxygen atoms in total. The highest BCUT2D eigenvalue weighted by Crippen LogP contribution is 2.41. The van der Waals surface area contributed by atoms with E-state index < -0.39 is 12.0 Å². The first-order valence-electron chi connectivity index (χ1n) is 10.8. The van der Waals surface area contributed by atoms with Crippen LogP contribution in [0.3, 0.4) is 0 Å². The van der Waals surface area contributed by atoms with E-state index in [1.807, 2.05) is 25.7 Å². The summed E-state index contributed by atoms with van der Waals surface area (Å²) in [5.74, 6) is -1.03. The van der Waals surface area contributed by atoms with Crippen LogP contribution in [0.25, 0.3) is 0 Å². The summed E-state index contributed by atoms with van der Waals surface area (Å²) in [4.78, 5) is 20.4. The second kappa shape index (κ2) is 7.69. The van der Waals surface area contributed by atoms with E-state index in [1.165, 1.54) is 0 Å². The van der Waals surface area contributed by atoms with Crippen molar-refractivity contribution in [1.82, 2.24) is 20.4 Å². The molecule has 4 heterocycles. The van der Waals surface area contributed by atoms with Crippen LogP contribution in [-0.4, -0.2) is 57.7 Å². The zero-order valence-corrected chi connectivity index (χ0v) is 17.7. The second-order valence-electron chi connectivity index (χ2n) is 9.87. The number of fused-ring (bicyclic) bond motifs is 2. The number of carbonyl (C=O) groups is 1. The van der Waals surface area contributed by atoms with Gasteiger partial charge in [0.1, 0.15) is 0 Å². The lowest BCUT2D eigenvalue weighted by molar-refractivity contribution is -0.146. The van der Waals surface area contributed by atoms with Gasteiger partial charge in [-0.25, -0.2) is 0 Å². The average molecular weight is 429 g/mol. The Labute approximate surface area is 174 Å². The number of nitrogens with zero attached hydrogens (tertiary/aromatic N) is 4. The van der Waals surface area contributed by atoms with E-state index in [0.29, 0.717) is 6.04 Å². The molecular formula is C20H30F3N5O2. The lowest BCUT2D eigenvalue weighted by Crippen LogP contribution is -2.53. The molecule has 1 aromatic rings. The molecule has 0 aliphatic carbocycles. The Morgan fingerprint density at radius 3 is 2.13 bits per heavy atom. The van der Waals surface area contributed by atoms with Crippen LogP contribution >= 0.6 is 0 Å². The summed E-state index contributed by atoms with van der Waals surface area (Å²) in [7, 11) is 0. The summed E-state index contributed by atoms with van der Waals surface area (Å²) < 4.78 is 43.4. The van der Waals surface area contributed by atoms with Crippen LogP contribution < -0.4 is 10.2 Å². The lowest BCUT2D eigenvalue weighted by Gasteiger charge is -2.44. The van der Waals surface area contributed by atoms with Gasteiger partial charge in [0.05, 0.1) is 0 Å². The first kappa shape index (κ1) is 21.4. The first-order chi connectivity index (χ1) is 14.0. The molecule has 3 saturated heterocycles. The van der Waals surface area contributed by atoms with E-state index in [2.05, 4.69) is 20.4 Å². The number of likely N-dealkylation sites (tertiary alicyclic amines) is 1. The van der Waals surface area contributed by atoms with E-state index in [9.17, 15) is 18.0 Å². The second-order valence-corrected chi connectivity index (χ2v) is 9.87. The van der Waals surface area contributed by atoms with Crippen LogP contribution in [0, 0.1) is 5.92 Å². The minimum Gasteiger partial charge on any atom is -0.351 e. The van der Waals surface area contributed by atoms with Crippen molar-refractivity contribution in [1.29, 1.82) is 0 Å². The van der Waals surface area contributed by atoms with E-state index in [4.69, 9.17) is 4.52 Å². The third-order valence-corrected chi connectivity index (χ3v) is 6.51. The number of hydrogen-bond acceptors (Lipinski definition) is 6. The van der Waals surface area contributed by atoms with E-state index in [1.54, 1.807) is 0 Å². The molecule has 3 aliphatic rings. The number of anilines is 1. The zero-order chi connectivity index (χ0) is 21.7. The summed E-state index contributed by atoms with van der Waals surface area (Å²) in [6, 6.07) is 0.621. The maximum atomic E-state index is 12.8. The van der Waals surface area contributed by atoms with Crippen molar-refractivity contribution in [3.8, 4) is 0 Å². The SMILES string of the molecule is CC(C)(C)NC(=O)C1CCN([C@H]2CC3CC[C@@H](C2)N3c2nc(C(F)(F)F)no2)CC1. The van der Waals surface area contributed by atoms with Gasteiger partial charge < -0.3 is 19.6 Å². The largest absolute Gasteiger partial charge is 0.455 e. The molecule has 0 radical (unpaired) electrons. The number of carbonyl (C=O) groups excluding carboxylic acids is 1. The van der Waals surface area contributed by atoms with Gasteiger partial charge in [0.25, 0.3) is 5.82 Å². The van der Waals surface area contributed by atoms with Crippen molar-refractivity contribution in [2.45, 2.75) is 89.1 Å². The molecule has 1 aromatic heterocycles. The molecule has 3 atom stereocenters. The highest BCUT2D eigenvalue weighted by atomic mass is 19.4. The number of alkyl halides is 3. The van der Waals surface area contributed by atoms with Crippen LogP contribution in [-0.2, 0) is 11.0 Å². The summed E-state index contributed by atoms with van der Waals surface area (Å²) in [5, 5.41) is 6.19. The van der Waals surface area contributed by atoms with Crippen LogP contribution in [0.1, 0.15) is 65.1 Å². The summed E-state index contributed by atoms with van der Waals surface area (Å²) in [6.45, 7) is 7.73. The standard InChI is InChI=1S/C20H30F3N5O2/c1-19(2,3)25-16(29)12-6-8-27(9-7-12)15-10-13-4-5-14(11-15)28(13)18-24-17(26-30-18)20(21,22)23/h12-15H,4-11H2,1-3H3,(H,25,29)/t13-,14?,15+/m0/s1. The van der Waals surface area contributed by atoms with Gasteiger partial charge in [-0.05, 0) is 77.5 Å². The minimum absolute atomic E-state index is 0.00849. The Kier molecular flexibility index (Phi) is 5.48. The Balaban J connectivity index is 1.34. The molecule has 0 spiro atoms. The van der Waals surface area contributed by atoms with Gasteiger partial charge in [-0.15, -0.1) is 0 Å². The average Bonchev–Trinajstić information content (AvgIpc) is 3.22. The molecule has 0 aromatic carbocycles. The highest BCUT2D eigenvalue weighted by molar-refractivity contribution is 5.79. The predicted molar refractivity (Wildman–Crippen MR) is 104 cm³/mol. The van der Waals surface area contributed by atoms with Gasteiger partial charge in [0.2, 0.25) is 5.91 Å². The normalized spacial score (nSPS) is 28.7. The van der Waals surface area contributed by atoms with Crippen molar-refractivity contribution in [3.05, 3.63) is 5.82 Å². The maximum Gasteiger partial charge on any atom is 0.455 e. The Morgan fingerprint density at radius 2 is 1.63 bits per heavy atom. The first-order valence-corrected chi connectivity index (χ1v) is 10.8. The smallest absolute Gasteiger partial charge is 0.351 e. The minimum atomic E-state index is -4.59. The molecule has 4 rings (SSSR count). The molecule has 1 N–H and O–H groups in total. The van der Waals surface area contributed by atoms with Crippen molar-refractivity contribution in [3.63, 3.8) is 0 Å². The van der Waals surface area contributed by atoms with Gasteiger partial charge in [-0.3, -0.25) is 4.79 Å². The van der Waals surface area contributed by atoms with Gasteiger partial charge in [-0.2, -0.15) is 18.2 Å². The number of rotatable bonds is 3. The van der Waals surface area contributed by atoms with Crippen molar-refractivity contribution in [2.24, 2.45) is 5.92 Å². The van der Waals surface area contributed by atoms with Crippen molar-refractivity contribution in [2.75, 3.05) is 18.0 Å². The van der Waals surface area contributed by atoms with Gasteiger partial charge in [0, 0.05) is 29.6 Å². The van der Waals surface area contributed by atoms with Crippen LogP contribution in [0.4, 0.5) is 19.2 Å². The molecule has 10 heteroatoms. The number of nitrogens with one attached hydrogen (secondary N) is 1. The van der Waals surface area contributed by atoms with Crippen molar-refractivity contribution >= 4 is 11.9 Å². The Hall–Kier alpha value is -1.84. The fourth-order valence-corrected chi connectivity index (χ4v) is 5.19. The molecule has 1 amide bonds. The molecule has 168 valence electrons. The summed E-state index contributed by atoms with van der Waals surface area (Å²) >= 11 is 0. The maximum absolute atomic E-state index is 12.8.